The van der Waals surface area contributed by atoms with E-state index < -0.39 is 9.05 Å². The number of benzene rings is 1. The van der Waals surface area contributed by atoms with Crippen LogP contribution in [0.5, 0.6) is 0 Å². The van der Waals surface area contributed by atoms with Gasteiger partial charge in [-0.3, -0.25) is 4.79 Å². The second-order valence-corrected chi connectivity index (χ2v) is 8.08. The molecule has 1 aromatic rings. The molecule has 1 aromatic carbocycles. The van der Waals surface area contributed by atoms with Crippen molar-refractivity contribution < 1.29 is 13.2 Å². The van der Waals surface area contributed by atoms with Gasteiger partial charge in [-0.2, -0.15) is 0 Å². The molecule has 1 heterocycles. The maximum absolute atomic E-state index is 12.4. The van der Waals surface area contributed by atoms with E-state index in [9.17, 15) is 13.2 Å². The molecule has 4 nitrogen and oxygen atoms in total. The number of carbonyl (C=O) groups is 1. The normalized spacial score (nSPS) is 19.6. The maximum atomic E-state index is 12.4. The van der Waals surface area contributed by atoms with Crippen LogP contribution < -0.4 is 0 Å². The van der Waals surface area contributed by atoms with E-state index in [0.717, 1.165) is 19.5 Å². The molecule has 20 heavy (non-hydrogen) atoms. The molecule has 0 saturated carbocycles. The third-order valence-electron chi connectivity index (χ3n) is 3.82. The second-order valence-electron chi connectivity index (χ2n) is 5.51. The highest BCUT2D eigenvalue weighted by Gasteiger charge is 2.29. The Morgan fingerprint density at radius 1 is 1.40 bits per heavy atom. The van der Waals surface area contributed by atoms with Crippen LogP contribution in [-0.4, -0.2) is 32.3 Å². The van der Waals surface area contributed by atoms with E-state index in [1.807, 2.05) is 0 Å². The number of amides is 1. The van der Waals surface area contributed by atoms with Gasteiger partial charge in [0.25, 0.3) is 15.0 Å². The van der Waals surface area contributed by atoms with E-state index in [-0.39, 0.29) is 10.8 Å². The van der Waals surface area contributed by atoms with E-state index in [2.05, 4.69) is 13.8 Å². The Hall–Kier alpha value is -1.07. The molecule has 0 radical (unpaired) electrons. The standard InChI is InChI=1S/C14H18ClNO3S/c1-10(2)12-6-7-16(9-12)14(17)11-4-3-5-13(8-11)20(15,18)19/h3-5,8,10,12H,6-7,9H2,1-2H3. The van der Waals surface area contributed by atoms with Crippen LogP contribution in [0.25, 0.3) is 0 Å². The summed E-state index contributed by atoms with van der Waals surface area (Å²) >= 11 is 0. The van der Waals surface area contributed by atoms with Crippen LogP contribution >= 0.6 is 10.7 Å². The summed E-state index contributed by atoms with van der Waals surface area (Å²) in [6.45, 7) is 5.76. The van der Waals surface area contributed by atoms with Crippen LogP contribution in [0.4, 0.5) is 0 Å². The highest BCUT2D eigenvalue weighted by Crippen LogP contribution is 2.25. The first-order valence-corrected chi connectivity index (χ1v) is 8.94. The fourth-order valence-corrected chi connectivity index (χ4v) is 3.28. The first-order chi connectivity index (χ1) is 9.29. The van der Waals surface area contributed by atoms with Crippen molar-refractivity contribution in [3.8, 4) is 0 Å². The number of carbonyl (C=O) groups excluding carboxylic acids is 1. The van der Waals surface area contributed by atoms with Gasteiger partial charge in [0, 0.05) is 29.3 Å². The smallest absolute Gasteiger partial charge is 0.261 e. The number of halogens is 1. The Kier molecular flexibility index (Phi) is 4.39. The minimum Gasteiger partial charge on any atom is -0.338 e. The van der Waals surface area contributed by atoms with Crippen LogP contribution in [-0.2, 0) is 9.05 Å². The molecular weight excluding hydrogens is 298 g/mol. The van der Waals surface area contributed by atoms with Gasteiger partial charge in [-0.15, -0.1) is 0 Å². The highest BCUT2D eigenvalue weighted by molar-refractivity contribution is 8.13. The monoisotopic (exact) mass is 315 g/mol. The summed E-state index contributed by atoms with van der Waals surface area (Å²) in [5.41, 5.74) is 0.371. The third-order valence-corrected chi connectivity index (χ3v) is 5.17. The molecule has 1 aliphatic heterocycles. The van der Waals surface area contributed by atoms with Crippen molar-refractivity contribution in [3.63, 3.8) is 0 Å². The van der Waals surface area contributed by atoms with Gasteiger partial charge in [0.2, 0.25) is 0 Å². The van der Waals surface area contributed by atoms with Gasteiger partial charge >= 0.3 is 0 Å². The molecule has 0 bridgehead atoms. The van der Waals surface area contributed by atoms with Crippen LogP contribution in [0.3, 0.4) is 0 Å². The van der Waals surface area contributed by atoms with Gasteiger partial charge in [-0.25, -0.2) is 8.42 Å². The Morgan fingerprint density at radius 2 is 2.10 bits per heavy atom. The summed E-state index contributed by atoms with van der Waals surface area (Å²) in [7, 11) is 1.50. The molecule has 110 valence electrons. The number of hydrogen-bond acceptors (Lipinski definition) is 3. The van der Waals surface area contributed by atoms with E-state index in [1.54, 1.807) is 17.0 Å². The van der Waals surface area contributed by atoms with E-state index in [4.69, 9.17) is 10.7 Å². The van der Waals surface area contributed by atoms with Crippen molar-refractivity contribution >= 4 is 25.6 Å². The van der Waals surface area contributed by atoms with E-state index >= 15 is 0 Å². The third kappa shape index (κ3) is 3.33. The van der Waals surface area contributed by atoms with Gasteiger partial charge in [0.15, 0.2) is 0 Å². The largest absolute Gasteiger partial charge is 0.338 e. The average molecular weight is 316 g/mol. The molecule has 2 rings (SSSR count). The van der Waals surface area contributed by atoms with Crippen molar-refractivity contribution in [2.24, 2.45) is 11.8 Å². The molecule has 0 spiro atoms. The van der Waals surface area contributed by atoms with Gasteiger partial charge in [-0.05, 0) is 36.5 Å². The van der Waals surface area contributed by atoms with Crippen molar-refractivity contribution in [3.05, 3.63) is 29.8 Å². The summed E-state index contributed by atoms with van der Waals surface area (Å²) in [5.74, 6) is 0.927. The minimum absolute atomic E-state index is 0.0374. The molecule has 1 aliphatic rings. The zero-order chi connectivity index (χ0) is 14.9. The van der Waals surface area contributed by atoms with Crippen LogP contribution in [0, 0.1) is 11.8 Å². The number of likely N-dealkylation sites (tertiary alicyclic amines) is 1. The first-order valence-electron chi connectivity index (χ1n) is 6.63. The second kappa shape index (κ2) is 5.74. The zero-order valence-corrected chi connectivity index (χ0v) is 13.1. The topological polar surface area (TPSA) is 54.5 Å². The number of rotatable bonds is 3. The van der Waals surface area contributed by atoms with Crippen molar-refractivity contribution in [2.75, 3.05) is 13.1 Å². The molecular formula is C14H18ClNO3S. The van der Waals surface area contributed by atoms with Crippen molar-refractivity contribution in [2.45, 2.75) is 25.2 Å². The Morgan fingerprint density at radius 3 is 2.65 bits per heavy atom. The molecule has 1 atom stereocenters. The summed E-state index contributed by atoms with van der Waals surface area (Å²) in [4.78, 5) is 14.1. The predicted octanol–water partition coefficient (Wildman–Crippen LogP) is 2.73. The molecule has 6 heteroatoms. The lowest BCUT2D eigenvalue weighted by atomic mass is 9.95. The molecule has 1 saturated heterocycles. The van der Waals surface area contributed by atoms with Crippen molar-refractivity contribution in [1.29, 1.82) is 0 Å². The number of hydrogen-bond donors (Lipinski definition) is 0. The molecule has 1 unspecified atom stereocenters. The number of nitrogens with zero attached hydrogens (tertiary/aromatic N) is 1. The van der Waals surface area contributed by atoms with Gasteiger partial charge < -0.3 is 4.90 Å². The molecule has 0 aromatic heterocycles. The first kappa shape index (κ1) is 15.3. The summed E-state index contributed by atoms with van der Waals surface area (Å²) < 4.78 is 22.6. The SMILES string of the molecule is CC(C)C1CCN(C(=O)c2cccc(S(=O)(=O)Cl)c2)C1. The molecule has 1 amide bonds. The van der Waals surface area contributed by atoms with Gasteiger partial charge in [0.05, 0.1) is 4.90 Å². The lowest BCUT2D eigenvalue weighted by molar-refractivity contribution is 0.0784. The quantitative estimate of drug-likeness (QED) is 0.806. The highest BCUT2D eigenvalue weighted by atomic mass is 35.7. The Labute approximate surface area is 124 Å². The lowest BCUT2D eigenvalue weighted by Gasteiger charge is -2.18. The maximum Gasteiger partial charge on any atom is 0.261 e. The molecule has 1 fully saturated rings. The van der Waals surface area contributed by atoms with E-state index in [0.29, 0.717) is 17.4 Å². The van der Waals surface area contributed by atoms with Crippen LogP contribution in [0.2, 0.25) is 0 Å². The minimum atomic E-state index is -3.81. The summed E-state index contributed by atoms with van der Waals surface area (Å²) in [6, 6.07) is 5.89. The van der Waals surface area contributed by atoms with Gasteiger partial charge in [0.1, 0.15) is 0 Å². The fourth-order valence-electron chi connectivity index (χ4n) is 2.48. The Balaban J connectivity index is 2.19. The van der Waals surface area contributed by atoms with Crippen molar-refractivity contribution in [1.82, 2.24) is 4.90 Å². The fraction of sp³-hybridized carbons (Fsp3) is 0.500. The summed E-state index contributed by atoms with van der Waals surface area (Å²) in [5, 5.41) is 0. The Bertz CT molecular complexity index is 613. The van der Waals surface area contributed by atoms with Crippen LogP contribution in [0.1, 0.15) is 30.6 Å². The molecule has 0 N–H and O–H groups in total. The molecule has 0 aliphatic carbocycles. The zero-order valence-electron chi connectivity index (χ0n) is 11.5. The lowest BCUT2D eigenvalue weighted by Crippen LogP contribution is -2.29. The van der Waals surface area contributed by atoms with Gasteiger partial charge in [-0.1, -0.05) is 19.9 Å². The predicted molar refractivity (Wildman–Crippen MR) is 78.3 cm³/mol. The van der Waals surface area contributed by atoms with Crippen LogP contribution in [0.15, 0.2) is 29.2 Å². The average Bonchev–Trinajstić information content (AvgIpc) is 2.87. The van der Waals surface area contributed by atoms with E-state index in [1.165, 1.54) is 12.1 Å². The summed E-state index contributed by atoms with van der Waals surface area (Å²) in [6.07, 6.45) is 0.997.